The number of nitrogen functional groups attached to an aromatic ring is 1. The van der Waals surface area contributed by atoms with E-state index in [-0.39, 0.29) is 0 Å². The Morgan fingerprint density at radius 2 is 2.11 bits per heavy atom. The number of fused-ring (bicyclic) bond motifs is 1. The summed E-state index contributed by atoms with van der Waals surface area (Å²) in [6.45, 7) is 1.10. The highest BCUT2D eigenvalue weighted by Gasteiger charge is 2.53. The Morgan fingerprint density at radius 1 is 1.26 bits per heavy atom. The Bertz CT molecular complexity index is 627. The Morgan fingerprint density at radius 3 is 2.84 bits per heavy atom. The number of para-hydroxylation sites is 1. The van der Waals surface area contributed by atoms with Gasteiger partial charge in [-0.25, -0.2) is 0 Å². The summed E-state index contributed by atoms with van der Waals surface area (Å²) in [6.07, 6.45) is 7.51. The van der Waals surface area contributed by atoms with Gasteiger partial charge in [0.05, 0.1) is 11.2 Å². The van der Waals surface area contributed by atoms with Crippen LogP contribution < -0.4 is 11.1 Å². The van der Waals surface area contributed by atoms with Gasteiger partial charge in [-0.1, -0.05) is 12.1 Å². The molecule has 19 heavy (non-hydrogen) atoms. The van der Waals surface area contributed by atoms with Gasteiger partial charge >= 0.3 is 0 Å². The van der Waals surface area contributed by atoms with E-state index in [0.717, 1.165) is 29.1 Å². The van der Waals surface area contributed by atoms with E-state index < -0.39 is 0 Å². The van der Waals surface area contributed by atoms with Crippen LogP contribution in [0, 0.1) is 11.3 Å². The summed E-state index contributed by atoms with van der Waals surface area (Å²) < 4.78 is 0. The van der Waals surface area contributed by atoms with Crippen LogP contribution in [0.4, 0.5) is 11.4 Å². The SMILES string of the molecule is Nc1cccc2c(NCC3(C4CC4)CC3)ccnc12. The molecule has 0 unspecified atom stereocenters. The largest absolute Gasteiger partial charge is 0.397 e. The van der Waals surface area contributed by atoms with Crippen molar-refractivity contribution in [3.8, 4) is 0 Å². The number of pyridine rings is 1. The van der Waals surface area contributed by atoms with Crippen molar-refractivity contribution in [3.05, 3.63) is 30.5 Å². The fourth-order valence-corrected chi connectivity index (χ4v) is 3.21. The first-order valence-corrected chi connectivity index (χ1v) is 7.16. The van der Waals surface area contributed by atoms with Crippen LogP contribution in [0.15, 0.2) is 30.5 Å². The van der Waals surface area contributed by atoms with E-state index in [1.54, 1.807) is 0 Å². The highest BCUT2D eigenvalue weighted by molar-refractivity contribution is 5.97. The summed E-state index contributed by atoms with van der Waals surface area (Å²) in [5.41, 5.74) is 9.43. The molecule has 0 amide bonds. The van der Waals surface area contributed by atoms with Crippen LogP contribution in [0.3, 0.4) is 0 Å². The lowest BCUT2D eigenvalue weighted by molar-refractivity contribution is 0.467. The maximum absolute atomic E-state index is 5.99. The molecule has 0 atom stereocenters. The van der Waals surface area contributed by atoms with Gasteiger partial charge in [0.2, 0.25) is 0 Å². The predicted octanol–water partition coefficient (Wildman–Crippen LogP) is 3.42. The number of nitrogens with one attached hydrogen (secondary N) is 1. The van der Waals surface area contributed by atoms with Crippen LogP contribution in [0.25, 0.3) is 10.9 Å². The molecule has 2 saturated carbocycles. The minimum absolute atomic E-state index is 0.607. The number of aromatic nitrogens is 1. The molecule has 4 rings (SSSR count). The normalized spacial score (nSPS) is 20.4. The number of nitrogens with zero attached hydrogens (tertiary/aromatic N) is 1. The lowest BCUT2D eigenvalue weighted by Crippen LogP contribution is -2.17. The van der Waals surface area contributed by atoms with Gasteiger partial charge in [0.1, 0.15) is 0 Å². The van der Waals surface area contributed by atoms with Crippen LogP contribution in [-0.2, 0) is 0 Å². The van der Waals surface area contributed by atoms with Gasteiger partial charge in [-0.05, 0) is 49.1 Å². The monoisotopic (exact) mass is 253 g/mol. The van der Waals surface area contributed by atoms with Gasteiger partial charge in [0, 0.05) is 23.8 Å². The fraction of sp³-hybridized carbons (Fsp3) is 0.438. The van der Waals surface area contributed by atoms with Crippen molar-refractivity contribution < 1.29 is 0 Å². The second kappa shape index (κ2) is 3.86. The number of anilines is 2. The molecule has 1 aromatic carbocycles. The number of benzene rings is 1. The van der Waals surface area contributed by atoms with Crippen molar-refractivity contribution in [2.75, 3.05) is 17.6 Å². The average molecular weight is 253 g/mol. The summed E-state index contributed by atoms with van der Waals surface area (Å²) >= 11 is 0. The molecule has 1 aromatic heterocycles. The van der Waals surface area contributed by atoms with Crippen LogP contribution in [0.1, 0.15) is 25.7 Å². The van der Waals surface area contributed by atoms with Crippen molar-refractivity contribution >= 4 is 22.3 Å². The molecule has 98 valence electrons. The lowest BCUT2D eigenvalue weighted by atomic mass is 10.0. The first-order valence-electron chi connectivity index (χ1n) is 7.16. The predicted molar refractivity (Wildman–Crippen MR) is 79.0 cm³/mol. The quantitative estimate of drug-likeness (QED) is 0.821. The molecule has 0 saturated heterocycles. The molecule has 2 fully saturated rings. The first kappa shape index (κ1) is 11.1. The highest BCUT2D eigenvalue weighted by Crippen LogP contribution is 2.61. The van der Waals surface area contributed by atoms with Crippen molar-refractivity contribution in [1.82, 2.24) is 4.98 Å². The van der Waals surface area contributed by atoms with E-state index in [2.05, 4.69) is 22.4 Å². The number of nitrogens with two attached hydrogens (primary N) is 1. The summed E-state index contributed by atoms with van der Waals surface area (Å²) in [5.74, 6) is 0.984. The van der Waals surface area contributed by atoms with Crippen molar-refractivity contribution in [2.45, 2.75) is 25.7 Å². The molecule has 2 aliphatic carbocycles. The molecule has 3 nitrogen and oxygen atoms in total. The second-order valence-electron chi connectivity index (χ2n) is 6.09. The third-order valence-electron chi connectivity index (χ3n) is 4.77. The Labute approximate surface area is 113 Å². The van der Waals surface area contributed by atoms with Gasteiger partial charge in [0.25, 0.3) is 0 Å². The zero-order valence-electron chi connectivity index (χ0n) is 11.0. The molecular formula is C16H19N3. The Kier molecular flexibility index (Phi) is 2.25. The molecule has 0 radical (unpaired) electrons. The van der Waals surface area contributed by atoms with Gasteiger partial charge in [-0.3, -0.25) is 4.98 Å². The molecule has 0 spiro atoms. The maximum Gasteiger partial charge on any atom is 0.0951 e. The zero-order chi connectivity index (χ0) is 12.9. The smallest absolute Gasteiger partial charge is 0.0951 e. The lowest BCUT2D eigenvalue weighted by Gasteiger charge is -2.17. The van der Waals surface area contributed by atoms with Crippen LogP contribution in [-0.4, -0.2) is 11.5 Å². The maximum atomic E-state index is 5.99. The summed E-state index contributed by atoms with van der Waals surface area (Å²) in [7, 11) is 0. The molecule has 1 heterocycles. The average Bonchev–Trinajstić information content (AvgIpc) is 3.28. The molecule has 0 bridgehead atoms. The van der Waals surface area contributed by atoms with Gasteiger partial charge in [-0.2, -0.15) is 0 Å². The molecule has 3 heteroatoms. The van der Waals surface area contributed by atoms with E-state index in [1.165, 1.54) is 31.4 Å². The summed E-state index contributed by atoms with van der Waals surface area (Å²) in [4.78, 5) is 4.38. The van der Waals surface area contributed by atoms with Crippen LogP contribution >= 0.6 is 0 Å². The molecule has 2 aliphatic rings. The second-order valence-corrected chi connectivity index (χ2v) is 6.09. The van der Waals surface area contributed by atoms with E-state index in [9.17, 15) is 0 Å². The first-order chi connectivity index (χ1) is 9.28. The van der Waals surface area contributed by atoms with E-state index in [1.807, 2.05) is 18.3 Å². The van der Waals surface area contributed by atoms with E-state index >= 15 is 0 Å². The van der Waals surface area contributed by atoms with Gasteiger partial charge in [-0.15, -0.1) is 0 Å². The van der Waals surface area contributed by atoms with Crippen LogP contribution in [0.2, 0.25) is 0 Å². The van der Waals surface area contributed by atoms with Gasteiger partial charge < -0.3 is 11.1 Å². The molecule has 2 aromatic rings. The van der Waals surface area contributed by atoms with Gasteiger partial charge in [0.15, 0.2) is 0 Å². The topological polar surface area (TPSA) is 50.9 Å². The Balaban J connectivity index is 1.62. The number of hydrogen-bond acceptors (Lipinski definition) is 3. The minimum Gasteiger partial charge on any atom is -0.397 e. The highest BCUT2D eigenvalue weighted by atomic mass is 14.9. The van der Waals surface area contributed by atoms with E-state index in [0.29, 0.717) is 5.41 Å². The minimum atomic E-state index is 0.607. The number of hydrogen-bond donors (Lipinski definition) is 2. The Hall–Kier alpha value is -1.77. The standard InChI is InChI=1S/C16H19N3/c17-13-3-1-2-12-14(6-9-18-15(12)13)19-10-16(7-8-16)11-4-5-11/h1-3,6,9,11H,4-5,7-8,10,17H2,(H,18,19). The van der Waals surface area contributed by atoms with E-state index in [4.69, 9.17) is 5.73 Å². The van der Waals surface area contributed by atoms with Crippen molar-refractivity contribution in [3.63, 3.8) is 0 Å². The van der Waals surface area contributed by atoms with Crippen molar-refractivity contribution in [2.24, 2.45) is 11.3 Å². The zero-order valence-corrected chi connectivity index (χ0v) is 11.0. The number of rotatable bonds is 4. The molecule has 0 aliphatic heterocycles. The van der Waals surface area contributed by atoms with Crippen molar-refractivity contribution in [1.29, 1.82) is 0 Å². The third-order valence-corrected chi connectivity index (χ3v) is 4.77. The summed E-state index contributed by atoms with van der Waals surface area (Å²) in [6, 6.07) is 8.06. The summed E-state index contributed by atoms with van der Waals surface area (Å²) in [5, 5.41) is 4.78. The third kappa shape index (κ3) is 1.84. The fourth-order valence-electron chi connectivity index (χ4n) is 3.21. The molecular weight excluding hydrogens is 234 g/mol. The molecule has 3 N–H and O–H groups in total. The van der Waals surface area contributed by atoms with Crippen LogP contribution in [0.5, 0.6) is 0 Å².